The molecule has 1 N–H and O–H groups in total. The molecule has 0 saturated carbocycles. The third kappa shape index (κ3) is 1.95. The highest BCUT2D eigenvalue weighted by Gasteiger charge is 2.16. The van der Waals surface area contributed by atoms with Gasteiger partial charge in [-0.3, -0.25) is 4.79 Å². The highest BCUT2D eigenvalue weighted by atomic mass is 16.3. The number of ketones is 1. The van der Waals surface area contributed by atoms with E-state index in [1.807, 2.05) is 14.0 Å². The molecule has 0 aliphatic carbocycles. The Kier molecular flexibility index (Phi) is 3.05. The number of furan rings is 1. The highest BCUT2D eigenvalue weighted by Crippen LogP contribution is 2.08. The van der Waals surface area contributed by atoms with Gasteiger partial charge in [0.05, 0.1) is 6.26 Å². The lowest BCUT2D eigenvalue weighted by atomic mass is 10.1. The number of rotatable bonds is 4. The summed E-state index contributed by atoms with van der Waals surface area (Å²) in [5.41, 5.74) is 0. The fourth-order valence-corrected chi connectivity index (χ4v) is 1.06. The topological polar surface area (TPSA) is 42.2 Å². The molecule has 0 amide bonds. The van der Waals surface area contributed by atoms with E-state index in [1.54, 1.807) is 12.1 Å². The van der Waals surface area contributed by atoms with Gasteiger partial charge in [-0.15, -0.1) is 0 Å². The first-order valence-corrected chi connectivity index (χ1v) is 3.98. The zero-order valence-corrected chi connectivity index (χ0v) is 7.33. The molecule has 1 rings (SSSR count). The van der Waals surface area contributed by atoms with Crippen molar-refractivity contribution in [2.45, 2.75) is 6.92 Å². The lowest BCUT2D eigenvalue weighted by Crippen LogP contribution is -2.23. The van der Waals surface area contributed by atoms with Gasteiger partial charge in [0.2, 0.25) is 5.78 Å². The van der Waals surface area contributed by atoms with Crippen LogP contribution < -0.4 is 5.32 Å². The minimum Gasteiger partial charge on any atom is -0.461 e. The maximum atomic E-state index is 11.5. The number of hydrogen-bond donors (Lipinski definition) is 1. The van der Waals surface area contributed by atoms with Crippen LogP contribution in [0.3, 0.4) is 0 Å². The van der Waals surface area contributed by atoms with E-state index in [0.717, 1.165) is 0 Å². The van der Waals surface area contributed by atoms with E-state index >= 15 is 0 Å². The molecule has 12 heavy (non-hydrogen) atoms. The fourth-order valence-electron chi connectivity index (χ4n) is 1.06. The minimum absolute atomic E-state index is 0.0267. The van der Waals surface area contributed by atoms with E-state index in [4.69, 9.17) is 4.42 Å². The van der Waals surface area contributed by atoms with Crippen molar-refractivity contribution < 1.29 is 9.21 Å². The van der Waals surface area contributed by atoms with Gasteiger partial charge in [-0.1, -0.05) is 6.92 Å². The Morgan fingerprint density at radius 1 is 1.75 bits per heavy atom. The molecule has 0 aliphatic heterocycles. The molecule has 0 fully saturated rings. The average molecular weight is 167 g/mol. The summed E-state index contributed by atoms with van der Waals surface area (Å²) in [6, 6.07) is 3.41. The van der Waals surface area contributed by atoms with Crippen molar-refractivity contribution in [1.29, 1.82) is 0 Å². The second kappa shape index (κ2) is 4.07. The lowest BCUT2D eigenvalue weighted by molar-refractivity contribution is 0.0902. The summed E-state index contributed by atoms with van der Waals surface area (Å²) < 4.78 is 4.99. The van der Waals surface area contributed by atoms with Crippen molar-refractivity contribution in [3.8, 4) is 0 Å². The van der Waals surface area contributed by atoms with Crippen LogP contribution in [0.15, 0.2) is 22.8 Å². The van der Waals surface area contributed by atoms with Gasteiger partial charge in [-0.25, -0.2) is 0 Å². The van der Waals surface area contributed by atoms with Gasteiger partial charge in [0, 0.05) is 12.5 Å². The first kappa shape index (κ1) is 9.00. The molecule has 0 saturated heterocycles. The van der Waals surface area contributed by atoms with Crippen molar-refractivity contribution >= 4 is 5.78 Å². The summed E-state index contributed by atoms with van der Waals surface area (Å²) in [6.45, 7) is 2.56. The zero-order chi connectivity index (χ0) is 8.97. The van der Waals surface area contributed by atoms with Crippen LogP contribution >= 0.6 is 0 Å². The van der Waals surface area contributed by atoms with Gasteiger partial charge in [-0.05, 0) is 19.2 Å². The Morgan fingerprint density at radius 2 is 2.50 bits per heavy atom. The summed E-state index contributed by atoms with van der Waals surface area (Å²) in [5, 5.41) is 2.95. The van der Waals surface area contributed by atoms with Crippen molar-refractivity contribution in [2.75, 3.05) is 13.6 Å². The molecular formula is C9H13NO2. The Hall–Kier alpha value is -1.09. The third-order valence-electron chi connectivity index (χ3n) is 1.72. The van der Waals surface area contributed by atoms with E-state index in [2.05, 4.69) is 5.32 Å². The van der Waals surface area contributed by atoms with Gasteiger partial charge in [0.25, 0.3) is 0 Å². The predicted octanol–water partition coefficient (Wildman–Crippen LogP) is 1.32. The van der Waals surface area contributed by atoms with E-state index in [9.17, 15) is 4.79 Å². The maximum Gasteiger partial charge on any atom is 0.202 e. The Bertz CT molecular complexity index is 241. The van der Waals surface area contributed by atoms with Gasteiger partial charge in [-0.2, -0.15) is 0 Å². The molecule has 66 valence electrons. The number of hydrogen-bond acceptors (Lipinski definition) is 3. The molecule has 3 nitrogen and oxygen atoms in total. The van der Waals surface area contributed by atoms with Crippen molar-refractivity contribution in [1.82, 2.24) is 5.32 Å². The largest absolute Gasteiger partial charge is 0.461 e. The number of carbonyl (C=O) groups is 1. The minimum atomic E-state index is -0.0267. The summed E-state index contributed by atoms with van der Waals surface area (Å²) in [7, 11) is 1.83. The normalized spacial score (nSPS) is 12.8. The Labute approximate surface area is 71.8 Å². The van der Waals surface area contributed by atoms with E-state index < -0.39 is 0 Å². The van der Waals surface area contributed by atoms with Crippen LogP contribution in [-0.4, -0.2) is 19.4 Å². The highest BCUT2D eigenvalue weighted by molar-refractivity contribution is 5.95. The maximum absolute atomic E-state index is 11.5. The van der Waals surface area contributed by atoms with Crippen LogP contribution in [0.4, 0.5) is 0 Å². The predicted molar refractivity (Wildman–Crippen MR) is 46.1 cm³/mol. The van der Waals surface area contributed by atoms with Crippen LogP contribution in [-0.2, 0) is 0 Å². The first-order chi connectivity index (χ1) is 5.75. The van der Waals surface area contributed by atoms with Crippen LogP contribution in [0.2, 0.25) is 0 Å². The molecule has 1 aromatic heterocycles. The van der Waals surface area contributed by atoms with E-state index in [-0.39, 0.29) is 11.7 Å². The van der Waals surface area contributed by atoms with Crippen LogP contribution in [0.1, 0.15) is 17.5 Å². The molecule has 0 aromatic carbocycles. The molecule has 1 aromatic rings. The number of carbonyl (C=O) groups excluding carboxylic acids is 1. The molecule has 1 heterocycles. The molecule has 0 radical (unpaired) electrons. The Morgan fingerprint density at radius 3 is 3.00 bits per heavy atom. The molecule has 0 aliphatic rings. The van der Waals surface area contributed by atoms with Crippen LogP contribution in [0, 0.1) is 5.92 Å². The molecule has 1 atom stereocenters. The molecule has 0 spiro atoms. The monoisotopic (exact) mass is 167 g/mol. The number of Topliss-reactive ketones (excluding diaryl/α,β-unsaturated/α-hetero) is 1. The molecular weight excluding hydrogens is 154 g/mol. The van der Waals surface area contributed by atoms with Crippen molar-refractivity contribution in [3.05, 3.63) is 24.2 Å². The third-order valence-corrected chi connectivity index (χ3v) is 1.72. The smallest absolute Gasteiger partial charge is 0.202 e. The van der Waals surface area contributed by atoms with Crippen LogP contribution in [0.25, 0.3) is 0 Å². The SMILES string of the molecule is CNCC(C)C(=O)c1ccco1. The summed E-state index contributed by atoms with van der Waals surface area (Å²) in [6.07, 6.45) is 1.51. The summed E-state index contributed by atoms with van der Waals surface area (Å²) in [4.78, 5) is 11.5. The second-order valence-corrected chi connectivity index (χ2v) is 2.80. The molecule has 3 heteroatoms. The van der Waals surface area contributed by atoms with E-state index in [1.165, 1.54) is 6.26 Å². The molecule has 1 unspecified atom stereocenters. The average Bonchev–Trinajstić information content (AvgIpc) is 2.55. The number of nitrogens with one attached hydrogen (secondary N) is 1. The first-order valence-electron chi connectivity index (χ1n) is 3.98. The van der Waals surface area contributed by atoms with Crippen molar-refractivity contribution in [3.63, 3.8) is 0 Å². The van der Waals surface area contributed by atoms with Crippen molar-refractivity contribution in [2.24, 2.45) is 5.92 Å². The van der Waals surface area contributed by atoms with E-state index in [0.29, 0.717) is 12.3 Å². The molecule has 0 bridgehead atoms. The zero-order valence-electron chi connectivity index (χ0n) is 7.33. The fraction of sp³-hybridized carbons (Fsp3) is 0.444. The second-order valence-electron chi connectivity index (χ2n) is 2.80. The quantitative estimate of drug-likeness (QED) is 0.687. The Balaban J connectivity index is 2.59. The summed E-state index contributed by atoms with van der Waals surface area (Å²) >= 11 is 0. The van der Waals surface area contributed by atoms with Gasteiger partial charge in [0.15, 0.2) is 5.76 Å². The summed E-state index contributed by atoms with van der Waals surface area (Å²) in [5.74, 6) is 0.466. The van der Waals surface area contributed by atoms with Gasteiger partial charge < -0.3 is 9.73 Å². The lowest BCUT2D eigenvalue weighted by Gasteiger charge is -2.06. The standard InChI is InChI=1S/C9H13NO2/c1-7(6-10-2)9(11)8-4-3-5-12-8/h3-5,7,10H,6H2,1-2H3. The van der Waals surface area contributed by atoms with Gasteiger partial charge >= 0.3 is 0 Å². The van der Waals surface area contributed by atoms with Gasteiger partial charge in [0.1, 0.15) is 0 Å². The van der Waals surface area contributed by atoms with Crippen LogP contribution in [0.5, 0.6) is 0 Å².